The lowest BCUT2D eigenvalue weighted by Gasteiger charge is -2.59. The van der Waals surface area contributed by atoms with E-state index in [0.29, 0.717) is 30.0 Å². The van der Waals surface area contributed by atoms with E-state index in [0.717, 1.165) is 44.9 Å². The van der Waals surface area contributed by atoms with Crippen molar-refractivity contribution in [1.82, 2.24) is 0 Å². The first-order chi connectivity index (χ1) is 11.8. The fourth-order valence-electron chi connectivity index (χ4n) is 7.70. The molecular weight excluding hydrogens is 316 g/mol. The van der Waals surface area contributed by atoms with Crippen molar-refractivity contribution in [3.8, 4) is 0 Å². The third-order valence-corrected chi connectivity index (χ3v) is 8.94. The molecule has 0 saturated heterocycles. The molecular formula is C21H32O4. The summed E-state index contributed by atoms with van der Waals surface area (Å²) in [5.41, 5.74) is -0.0700. The molecule has 0 heterocycles. The van der Waals surface area contributed by atoms with E-state index in [9.17, 15) is 19.8 Å². The summed E-state index contributed by atoms with van der Waals surface area (Å²) in [4.78, 5) is 24.6. The van der Waals surface area contributed by atoms with Crippen molar-refractivity contribution in [1.29, 1.82) is 0 Å². The molecule has 0 radical (unpaired) electrons. The van der Waals surface area contributed by atoms with Gasteiger partial charge in [0.1, 0.15) is 5.78 Å². The number of aliphatic carboxylic acids is 1. The van der Waals surface area contributed by atoms with Gasteiger partial charge in [-0.05, 0) is 79.4 Å². The Balaban J connectivity index is 1.64. The Bertz CT molecular complexity index is 586. The summed E-state index contributed by atoms with van der Waals surface area (Å²) in [6.45, 7) is 4.51. The molecule has 4 saturated carbocycles. The predicted octanol–water partition coefficient (Wildman–Crippen LogP) is 3.66. The van der Waals surface area contributed by atoms with E-state index >= 15 is 0 Å². The molecule has 140 valence electrons. The molecule has 3 unspecified atom stereocenters. The van der Waals surface area contributed by atoms with Gasteiger partial charge in [-0.25, -0.2) is 0 Å². The van der Waals surface area contributed by atoms with Crippen molar-refractivity contribution in [2.24, 2.45) is 40.4 Å². The number of hydrogen-bond donors (Lipinski definition) is 2. The first kappa shape index (κ1) is 17.5. The molecule has 4 aliphatic rings. The first-order valence-electron chi connectivity index (χ1n) is 10.2. The Kier molecular flexibility index (Phi) is 4.06. The van der Waals surface area contributed by atoms with Gasteiger partial charge >= 0.3 is 5.97 Å². The third-order valence-electron chi connectivity index (χ3n) is 8.94. The summed E-state index contributed by atoms with van der Waals surface area (Å²) in [6.07, 6.45) is 7.50. The number of aliphatic hydroxyl groups is 1. The zero-order chi connectivity index (χ0) is 18.0. The van der Waals surface area contributed by atoms with Crippen LogP contribution in [0.25, 0.3) is 0 Å². The molecule has 0 spiro atoms. The van der Waals surface area contributed by atoms with Gasteiger partial charge in [0.15, 0.2) is 0 Å². The molecule has 25 heavy (non-hydrogen) atoms. The second kappa shape index (κ2) is 5.80. The average molecular weight is 348 g/mol. The Morgan fingerprint density at radius 1 is 1.12 bits per heavy atom. The van der Waals surface area contributed by atoms with Gasteiger partial charge in [-0.15, -0.1) is 0 Å². The number of Topliss-reactive ketones (excluding diaryl/α,β-unsaturated/α-hetero) is 1. The summed E-state index contributed by atoms with van der Waals surface area (Å²) in [5, 5.41) is 19.4. The van der Waals surface area contributed by atoms with Crippen LogP contribution in [0, 0.1) is 40.4 Å². The van der Waals surface area contributed by atoms with Gasteiger partial charge in [-0.1, -0.05) is 13.8 Å². The van der Waals surface area contributed by atoms with Gasteiger partial charge in [-0.2, -0.15) is 0 Å². The van der Waals surface area contributed by atoms with Crippen LogP contribution in [0.5, 0.6) is 0 Å². The lowest BCUT2D eigenvalue weighted by Crippen LogP contribution is -2.57. The number of carboxylic acid groups (broad SMARTS) is 1. The molecule has 4 rings (SSSR count). The Hall–Kier alpha value is -0.900. The van der Waals surface area contributed by atoms with Gasteiger partial charge in [0.2, 0.25) is 0 Å². The largest absolute Gasteiger partial charge is 0.481 e. The quantitative estimate of drug-likeness (QED) is 0.798. The fourth-order valence-corrected chi connectivity index (χ4v) is 7.70. The highest BCUT2D eigenvalue weighted by atomic mass is 16.4. The van der Waals surface area contributed by atoms with Crippen molar-refractivity contribution in [2.45, 2.75) is 77.7 Å². The number of carbonyl (C=O) groups excluding carboxylic acids is 1. The first-order valence-corrected chi connectivity index (χ1v) is 10.2. The maximum Gasteiger partial charge on any atom is 0.303 e. The number of ketones is 1. The van der Waals surface area contributed by atoms with Crippen LogP contribution in [0.1, 0.15) is 71.6 Å². The summed E-state index contributed by atoms with van der Waals surface area (Å²) in [7, 11) is 0. The Labute approximate surface area is 150 Å². The van der Waals surface area contributed by atoms with E-state index in [1.165, 1.54) is 0 Å². The molecule has 0 aromatic rings. The molecule has 4 nitrogen and oxygen atoms in total. The van der Waals surface area contributed by atoms with Gasteiger partial charge in [0, 0.05) is 18.8 Å². The number of fused-ring (bicyclic) bond motifs is 5. The Morgan fingerprint density at radius 2 is 1.88 bits per heavy atom. The van der Waals surface area contributed by atoms with E-state index in [4.69, 9.17) is 0 Å². The minimum atomic E-state index is -0.724. The van der Waals surface area contributed by atoms with Crippen LogP contribution in [0.3, 0.4) is 0 Å². The standard InChI is InChI=1S/C21H32O4/c1-20-8-7-14(22)9-12(20)3-5-15-16-6-4-13(10-18(24)25)21(16,2)11-17(23)19(15)20/h12-16,19,22H,3-11H2,1-2H3,(H,24,25)/t12-,13-,14-,15?,16?,19?,20+,21-/m1/s1. The molecule has 4 fully saturated rings. The monoisotopic (exact) mass is 348 g/mol. The van der Waals surface area contributed by atoms with E-state index in [-0.39, 0.29) is 35.2 Å². The molecule has 8 atom stereocenters. The van der Waals surface area contributed by atoms with Crippen molar-refractivity contribution >= 4 is 11.8 Å². The maximum atomic E-state index is 13.3. The Morgan fingerprint density at radius 3 is 2.60 bits per heavy atom. The molecule has 0 aliphatic heterocycles. The summed E-state index contributed by atoms with van der Waals surface area (Å²) in [6, 6.07) is 0. The molecule has 2 N–H and O–H groups in total. The number of rotatable bonds is 2. The molecule has 4 aliphatic carbocycles. The molecule has 0 aromatic heterocycles. The van der Waals surface area contributed by atoms with Crippen molar-refractivity contribution in [3.05, 3.63) is 0 Å². The second-order valence-electron chi connectivity index (χ2n) is 9.98. The minimum absolute atomic E-state index is 0.0471. The van der Waals surface area contributed by atoms with Gasteiger partial charge < -0.3 is 10.2 Å². The van der Waals surface area contributed by atoms with Crippen LogP contribution < -0.4 is 0 Å². The maximum absolute atomic E-state index is 13.3. The molecule has 0 amide bonds. The topological polar surface area (TPSA) is 74.6 Å². The average Bonchev–Trinajstić information content (AvgIpc) is 2.83. The van der Waals surface area contributed by atoms with E-state index in [1.807, 2.05) is 0 Å². The zero-order valence-corrected chi connectivity index (χ0v) is 15.5. The summed E-state index contributed by atoms with van der Waals surface area (Å²) < 4.78 is 0. The summed E-state index contributed by atoms with van der Waals surface area (Å²) >= 11 is 0. The van der Waals surface area contributed by atoms with E-state index < -0.39 is 5.97 Å². The highest BCUT2D eigenvalue weighted by Gasteiger charge is 2.63. The second-order valence-corrected chi connectivity index (χ2v) is 9.98. The third kappa shape index (κ3) is 2.50. The van der Waals surface area contributed by atoms with Crippen molar-refractivity contribution < 1.29 is 19.8 Å². The normalized spacial score (nSPS) is 52.2. The van der Waals surface area contributed by atoms with Crippen LogP contribution in [-0.4, -0.2) is 28.1 Å². The van der Waals surface area contributed by atoms with Crippen molar-refractivity contribution in [3.63, 3.8) is 0 Å². The van der Waals surface area contributed by atoms with E-state index in [1.54, 1.807) is 0 Å². The van der Waals surface area contributed by atoms with Crippen LogP contribution in [0.2, 0.25) is 0 Å². The number of carboxylic acids is 1. The molecule has 0 aromatic carbocycles. The minimum Gasteiger partial charge on any atom is -0.481 e. The molecule has 4 heteroatoms. The van der Waals surface area contributed by atoms with Crippen LogP contribution in [0.4, 0.5) is 0 Å². The van der Waals surface area contributed by atoms with Gasteiger partial charge in [-0.3, -0.25) is 9.59 Å². The highest BCUT2D eigenvalue weighted by Crippen LogP contribution is 2.66. The lowest BCUT2D eigenvalue weighted by atomic mass is 9.44. The van der Waals surface area contributed by atoms with E-state index in [2.05, 4.69) is 13.8 Å². The van der Waals surface area contributed by atoms with Gasteiger partial charge in [0.25, 0.3) is 0 Å². The van der Waals surface area contributed by atoms with Gasteiger partial charge in [0.05, 0.1) is 6.10 Å². The summed E-state index contributed by atoms with van der Waals surface area (Å²) in [5.74, 6) is 1.37. The van der Waals surface area contributed by atoms with Crippen molar-refractivity contribution in [2.75, 3.05) is 0 Å². The number of carbonyl (C=O) groups is 2. The smallest absolute Gasteiger partial charge is 0.303 e. The van der Waals surface area contributed by atoms with Crippen LogP contribution in [0.15, 0.2) is 0 Å². The SMILES string of the molecule is C[C@]12CC(=O)C3C(CC[C@@H]4C[C@H](O)CC[C@]34C)C1CC[C@@H]2CC(=O)O. The predicted molar refractivity (Wildman–Crippen MR) is 93.9 cm³/mol. The van der Waals surface area contributed by atoms with Crippen LogP contribution >= 0.6 is 0 Å². The lowest BCUT2D eigenvalue weighted by molar-refractivity contribution is -0.162. The highest BCUT2D eigenvalue weighted by molar-refractivity contribution is 5.84. The number of aliphatic hydroxyl groups excluding tert-OH is 1. The fraction of sp³-hybridized carbons (Fsp3) is 0.905. The number of hydrogen-bond acceptors (Lipinski definition) is 3. The van der Waals surface area contributed by atoms with Crippen LogP contribution in [-0.2, 0) is 9.59 Å². The molecule has 0 bridgehead atoms. The zero-order valence-electron chi connectivity index (χ0n) is 15.5.